The summed E-state index contributed by atoms with van der Waals surface area (Å²) in [6.07, 6.45) is 3.73. The van der Waals surface area contributed by atoms with Crippen molar-refractivity contribution in [1.29, 1.82) is 0 Å². The summed E-state index contributed by atoms with van der Waals surface area (Å²) in [4.78, 5) is 0. The molecule has 0 saturated carbocycles. The molecule has 1 fully saturated rings. The van der Waals surface area contributed by atoms with Crippen LogP contribution in [0.3, 0.4) is 0 Å². The van der Waals surface area contributed by atoms with Crippen LogP contribution >= 0.6 is 0 Å². The van der Waals surface area contributed by atoms with Gasteiger partial charge >= 0.3 is 0 Å². The lowest BCUT2D eigenvalue weighted by molar-refractivity contribution is 0.0989. The first-order chi connectivity index (χ1) is 9.16. The molecule has 19 heavy (non-hydrogen) atoms. The van der Waals surface area contributed by atoms with Crippen molar-refractivity contribution in [2.24, 2.45) is 5.92 Å². The van der Waals surface area contributed by atoms with Gasteiger partial charge < -0.3 is 10.1 Å². The van der Waals surface area contributed by atoms with Gasteiger partial charge in [-0.05, 0) is 49.1 Å². The Balaban J connectivity index is 1.85. The van der Waals surface area contributed by atoms with E-state index in [4.69, 9.17) is 4.74 Å². The highest BCUT2D eigenvalue weighted by Crippen LogP contribution is 2.17. The van der Waals surface area contributed by atoms with E-state index in [0.717, 1.165) is 31.9 Å². The van der Waals surface area contributed by atoms with Crippen molar-refractivity contribution < 1.29 is 4.74 Å². The van der Waals surface area contributed by atoms with Crippen LogP contribution in [0.25, 0.3) is 0 Å². The summed E-state index contributed by atoms with van der Waals surface area (Å²) in [5, 5.41) is 15.5. The van der Waals surface area contributed by atoms with Gasteiger partial charge in [-0.25, -0.2) is 4.68 Å². The van der Waals surface area contributed by atoms with Gasteiger partial charge in [-0.3, -0.25) is 0 Å². The van der Waals surface area contributed by atoms with Crippen LogP contribution in [0.1, 0.15) is 51.9 Å². The highest BCUT2D eigenvalue weighted by Gasteiger charge is 2.18. The smallest absolute Gasteiger partial charge is 0.167 e. The minimum atomic E-state index is 0.182. The first kappa shape index (κ1) is 14.4. The third kappa shape index (κ3) is 4.24. The molecule has 1 N–H and O–H groups in total. The van der Waals surface area contributed by atoms with Crippen LogP contribution in [-0.4, -0.2) is 39.5 Å². The number of tetrazole rings is 1. The van der Waals surface area contributed by atoms with E-state index in [0.29, 0.717) is 12.0 Å². The van der Waals surface area contributed by atoms with Crippen LogP contribution in [0.4, 0.5) is 0 Å². The number of aryl methyl sites for hydroxylation is 1. The van der Waals surface area contributed by atoms with Crippen molar-refractivity contribution in [2.75, 3.05) is 13.2 Å². The average Bonchev–Trinajstić information content (AvgIpc) is 3.04. The first-order valence-corrected chi connectivity index (χ1v) is 7.28. The summed E-state index contributed by atoms with van der Waals surface area (Å²) in [7, 11) is 0. The normalized spacial score (nSPS) is 21.2. The number of nitrogens with zero attached hydrogens (tertiary/aromatic N) is 4. The molecule has 0 radical (unpaired) electrons. The quantitative estimate of drug-likeness (QED) is 0.812. The Hall–Kier alpha value is -1.01. The third-order valence-corrected chi connectivity index (χ3v) is 3.47. The SMILES string of the molecule is CC(C)CNC(C)c1nnnn1CCC1CCCO1. The molecule has 1 aliphatic heterocycles. The molecule has 2 rings (SSSR count). The van der Waals surface area contributed by atoms with Crippen LogP contribution in [-0.2, 0) is 11.3 Å². The second-order valence-electron chi connectivity index (χ2n) is 5.71. The van der Waals surface area contributed by atoms with E-state index < -0.39 is 0 Å². The molecule has 0 bridgehead atoms. The van der Waals surface area contributed by atoms with Crippen LogP contribution in [0.2, 0.25) is 0 Å². The number of hydrogen-bond donors (Lipinski definition) is 1. The second-order valence-corrected chi connectivity index (χ2v) is 5.71. The lowest BCUT2D eigenvalue weighted by Crippen LogP contribution is -2.26. The molecule has 2 heterocycles. The zero-order valence-electron chi connectivity index (χ0n) is 12.2. The fraction of sp³-hybridized carbons (Fsp3) is 0.923. The summed E-state index contributed by atoms with van der Waals surface area (Å²) < 4.78 is 7.54. The van der Waals surface area contributed by atoms with E-state index in [-0.39, 0.29) is 6.04 Å². The van der Waals surface area contributed by atoms with Gasteiger partial charge in [-0.2, -0.15) is 0 Å². The van der Waals surface area contributed by atoms with Gasteiger partial charge in [0.15, 0.2) is 5.82 Å². The fourth-order valence-corrected chi connectivity index (χ4v) is 2.32. The minimum Gasteiger partial charge on any atom is -0.378 e. The highest BCUT2D eigenvalue weighted by molar-refractivity contribution is 4.89. The molecule has 0 spiro atoms. The van der Waals surface area contributed by atoms with Crippen LogP contribution < -0.4 is 5.32 Å². The standard InChI is InChI=1S/C13H25N5O/c1-10(2)9-14-11(3)13-15-16-17-18(13)7-6-12-5-4-8-19-12/h10-12,14H,4-9H2,1-3H3. The number of rotatable bonds is 7. The molecule has 0 aliphatic carbocycles. The predicted molar refractivity (Wildman–Crippen MR) is 72.7 cm³/mol. The zero-order valence-corrected chi connectivity index (χ0v) is 12.2. The second kappa shape index (κ2) is 6.96. The van der Waals surface area contributed by atoms with E-state index in [9.17, 15) is 0 Å². The molecule has 1 aromatic heterocycles. The molecule has 0 aromatic carbocycles. The van der Waals surface area contributed by atoms with E-state index in [1.165, 1.54) is 12.8 Å². The fourth-order valence-electron chi connectivity index (χ4n) is 2.32. The van der Waals surface area contributed by atoms with Gasteiger partial charge in [0.05, 0.1) is 12.1 Å². The molecule has 108 valence electrons. The number of hydrogen-bond acceptors (Lipinski definition) is 5. The zero-order chi connectivity index (χ0) is 13.7. The molecular weight excluding hydrogens is 242 g/mol. The molecule has 6 heteroatoms. The first-order valence-electron chi connectivity index (χ1n) is 7.28. The Morgan fingerprint density at radius 3 is 2.95 bits per heavy atom. The van der Waals surface area contributed by atoms with E-state index >= 15 is 0 Å². The topological polar surface area (TPSA) is 64.9 Å². The summed E-state index contributed by atoms with van der Waals surface area (Å²) >= 11 is 0. The number of aromatic nitrogens is 4. The molecule has 1 aromatic rings. The molecule has 6 nitrogen and oxygen atoms in total. The largest absolute Gasteiger partial charge is 0.378 e. The van der Waals surface area contributed by atoms with Gasteiger partial charge in [0, 0.05) is 13.2 Å². The van der Waals surface area contributed by atoms with Crippen molar-refractivity contribution in [3.05, 3.63) is 5.82 Å². The number of ether oxygens (including phenoxy) is 1. The predicted octanol–water partition coefficient (Wildman–Crippen LogP) is 1.55. The molecule has 2 atom stereocenters. The van der Waals surface area contributed by atoms with Crippen LogP contribution in [0.15, 0.2) is 0 Å². The molecule has 1 saturated heterocycles. The van der Waals surface area contributed by atoms with Crippen molar-refractivity contribution in [3.8, 4) is 0 Å². The maximum Gasteiger partial charge on any atom is 0.167 e. The Morgan fingerprint density at radius 1 is 1.42 bits per heavy atom. The Morgan fingerprint density at radius 2 is 2.26 bits per heavy atom. The Bertz CT molecular complexity index is 373. The number of nitrogens with one attached hydrogen (secondary N) is 1. The Kier molecular flexibility index (Phi) is 5.27. The van der Waals surface area contributed by atoms with Crippen molar-refractivity contribution in [2.45, 2.75) is 58.7 Å². The van der Waals surface area contributed by atoms with Gasteiger partial charge in [-0.15, -0.1) is 5.10 Å². The van der Waals surface area contributed by atoms with Gasteiger partial charge in [-0.1, -0.05) is 13.8 Å². The summed E-state index contributed by atoms with van der Waals surface area (Å²) in [6, 6.07) is 0.182. The summed E-state index contributed by atoms with van der Waals surface area (Å²) in [6.45, 7) is 9.21. The summed E-state index contributed by atoms with van der Waals surface area (Å²) in [5.74, 6) is 1.54. The van der Waals surface area contributed by atoms with E-state index in [2.05, 4.69) is 41.6 Å². The van der Waals surface area contributed by atoms with Crippen molar-refractivity contribution >= 4 is 0 Å². The van der Waals surface area contributed by atoms with E-state index in [1.807, 2.05) is 4.68 Å². The monoisotopic (exact) mass is 267 g/mol. The molecule has 1 aliphatic rings. The lowest BCUT2D eigenvalue weighted by Gasteiger charge is -2.16. The lowest BCUT2D eigenvalue weighted by atomic mass is 10.2. The Labute approximate surface area is 114 Å². The average molecular weight is 267 g/mol. The van der Waals surface area contributed by atoms with Crippen LogP contribution in [0.5, 0.6) is 0 Å². The third-order valence-electron chi connectivity index (χ3n) is 3.47. The van der Waals surface area contributed by atoms with Gasteiger partial charge in [0.25, 0.3) is 0 Å². The van der Waals surface area contributed by atoms with E-state index in [1.54, 1.807) is 0 Å². The van der Waals surface area contributed by atoms with Crippen molar-refractivity contribution in [3.63, 3.8) is 0 Å². The maximum absolute atomic E-state index is 5.63. The summed E-state index contributed by atoms with van der Waals surface area (Å²) in [5.41, 5.74) is 0. The molecule has 0 amide bonds. The van der Waals surface area contributed by atoms with Crippen LogP contribution in [0, 0.1) is 5.92 Å². The highest BCUT2D eigenvalue weighted by atomic mass is 16.5. The molecular formula is C13H25N5O. The van der Waals surface area contributed by atoms with Gasteiger partial charge in [0.2, 0.25) is 0 Å². The van der Waals surface area contributed by atoms with Crippen molar-refractivity contribution in [1.82, 2.24) is 25.5 Å². The molecule has 2 unspecified atom stereocenters. The van der Waals surface area contributed by atoms with Gasteiger partial charge in [0.1, 0.15) is 0 Å². The maximum atomic E-state index is 5.63. The minimum absolute atomic E-state index is 0.182.